The zero-order valence-electron chi connectivity index (χ0n) is 9.99. The molecule has 1 aliphatic rings. The second kappa shape index (κ2) is 6.61. The molecule has 0 aromatic rings. The Balaban J connectivity index is 2.11. The van der Waals surface area contributed by atoms with E-state index >= 15 is 0 Å². The molecule has 0 bridgehead atoms. The first-order valence-electron chi connectivity index (χ1n) is 5.76. The van der Waals surface area contributed by atoms with Crippen LogP contribution >= 0.6 is 0 Å². The molecular weight excluding hydrogens is 210 g/mol. The second-order valence-electron chi connectivity index (χ2n) is 4.45. The van der Waals surface area contributed by atoms with Crippen LogP contribution in [0.3, 0.4) is 0 Å². The Hall–Kier alpha value is 0.0700. The lowest BCUT2D eigenvalue weighted by Crippen LogP contribution is -2.39. The van der Waals surface area contributed by atoms with E-state index in [1.807, 2.05) is 6.92 Å². The molecule has 4 atom stereocenters. The Bertz CT molecular complexity index is 211. The van der Waals surface area contributed by atoms with Crippen molar-refractivity contribution < 1.29 is 8.95 Å². The molecule has 1 aliphatic heterocycles. The minimum absolute atomic E-state index is 0.301. The molecular formula is C11H23NO2S. The highest BCUT2D eigenvalue weighted by Crippen LogP contribution is 2.13. The predicted octanol–water partition coefficient (Wildman–Crippen LogP) is 1.30. The minimum atomic E-state index is -0.688. The average Bonchev–Trinajstić information content (AvgIpc) is 2.17. The van der Waals surface area contributed by atoms with Gasteiger partial charge in [-0.3, -0.25) is 4.21 Å². The highest BCUT2D eigenvalue weighted by Gasteiger charge is 2.18. The van der Waals surface area contributed by atoms with Crippen molar-refractivity contribution in [3.8, 4) is 0 Å². The molecule has 1 N–H and O–H groups in total. The number of hydrogen-bond donors (Lipinski definition) is 1. The summed E-state index contributed by atoms with van der Waals surface area (Å²) in [5.41, 5.74) is 0. The molecule has 4 unspecified atom stereocenters. The maximum atomic E-state index is 11.1. The summed E-state index contributed by atoms with van der Waals surface area (Å²) in [5, 5.41) is 3.82. The summed E-state index contributed by atoms with van der Waals surface area (Å²) >= 11 is 0. The van der Waals surface area contributed by atoms with Crippen molar-refractivity contribution in [1.29, 1.82) is 0 Å². The van der Waals surface area contributed by atoms with Gasteiger partial charge in [0.15, 0.2) is 0 Å². The van der Waals surface area contributed by atoms with Crippen LogP contribution in [0.25, 0.3) is 0 Å². The van der Waals surface area contributed by atoms with Gasteiger partial charge in [0.2, 0.25) is 0 Å². The van der Waals surface area contributed by atoms with E-state index < -0.39 is 10.8 Å². The van der Waals surface area contributed by atoms with Gasteiger partial charge >= 0.3 is 0 Å². The summed E-state index contributed by atoms with van der Waals surface area (Å²) in [4.78, 5) is 0. The van der Waals surface area contributed by atoms with Crippen molar-refractivity contribution >= 4 is 10.8 Å². The zero-order valence-corrected chi connectivity index (χ0v) is 10.8. The van der Waals surface area contributed by atoms with E-state index in [-0.39, 0.29) is 0 Å². The predicted molar refractivity (Wildman–Crippen MR) is 64.6 cm³/mol. The van der Waals surface area contributed by atoms with E-state index in [0.717, 1.165) is 32.4 Å². The van der Waals surface area contributed by atoms with E-state index in [2.05, 4.69) is 12.2 Å². The summed E-state index contributed by atoms with van der Waals surface area (Å²) in [6.45, 7) is 6.01. The lowest BCUT2D eigenvalue weighted by atomic mass is 10.0. The highest BCUT2D eigenvalue weighted by atomic mass is 32.2. The Labute approximate surface area is 95.4 Å². The number of nitrogens with one attached hydrogen (secondary N) is 1. The summed E-state index contributed by atoms with van der Waals surface area (Å²) in [6.07, 6.45) is 5.36. The highest BCUT2D eigenvalue weighted by molar-refractivity contribution is 7.84. The van der Waals surface area contributed by atoms with Gasteiger partial charge in [-0.25, -0.2) is 0 Å². The second-order valence-corrected chi connectivity index (χ2v) is 6.26. The van der Waals surface area contributed by atoms with Crippen LogP contribution in [-0.2, 0) is 15.5 Å². The van der Waals surface area contributed by atoms with Crippen LogP contribution in [0, 0.1) is 0 Å². The van der Waals surface area contributed by atoms with Crippen molar-refractivity contribution in [3.63, 3.8) is 0 Å². The normalized spacial score (nSPS) is 31.1. The standard InChI is InChI=1S/C11H23NO2S/c1-9-8-11(5-7-14-9)12-6-4-10(2)15(3)13/h9-12H,4-8H2,1-3H3. The van der Waals surface area contributed by atoms with Crippen LogP contribution in [0.2, 0.25) is 0 Å². The quantitative estimate of drug-likeness (QED) is 0.778. The fourth-order valence-electron chi connectivity index (χ4n) is 1.84. The molecule has 15 heavy (non-hydrogen) atoms. The molecule has 4 heteroatoms. The van der Waals surface area contributed by atoms with Crippen molar-refractivity contribution in [3.05, 3.63) is 0 Å². The molecule has 0 aromatic carbocycles. The number of rotatable bonds is 5. The average molecular weight is 233 g/mol. The fraction of sp³-hybridized carbons (Fsp3) is 1.00. The Morgan fingerprint density at radius 3 is 2.93 bits per heavy atom. The molecule has 3 nitrogen and oxygen atoms in total. The third kappa shape index (κ3) is 5.09. The Morgan fingerprint density at radius 1 is 1.60 bits per heavy atom. The zero-order chi connectivity index (χ0) is 11.3. The molecule has 0 spiro atoms. The van der Waals surface area contributed by atoms with Crippen LogP contribution in [0.4, 0.5) is 0 Å². The van der Waals surface area contributed by atoms with Crippen LogP contribution < -0.4 is 5.32 Å². The maximum absolute atomic E-state index is 11.1. The molecule has 1 fully saturated rings. The van der Waals surface area contributed by atoms with Gasteiger partial charge in [0, 0.05) is 35.0 Å². The van der Waals surface area contributed by atoms with E-state index in [1.165, 1.54) is 0 Å². The van der Waals surface area contributed by atoms with Gasteiger partial charge in [0.25, 0.3) is 0 Å². The van der Waals surface area contributed by atoms with Gasteiger partial charge in [0.1, 0.15) is 0 Å². The topological polar surface area (TPSA) is 38.3 Å². The van der Waals surface area contributed by atoms with Gasteiger partial charge < -0.3 is 10.1 Å². The molecule has 1 heterocycles. The third-order valence-corrected chi connectivity index (χ3v) is 4.40. The van der Waals surface area contributed by atoms with Gasteiger partial charge in [-0.05, 0) is 32.7 Å². The molecule has 1 saturated heterocycles. The lowest BCUT2D eigenvalue weighted by Gasteiger charge is -2.28. The first-order chi connectivity index (χ1) is 7.09. The van der Waals surface area contributed by atoms with E-state index in [0.29, 0.717) is 17.4 Å². The molecule has 0 amide bonds. The van der Waals surface area contributed by atoms with Crippen molar-refractivity contribution in [2.24, 2.45) is 0 Å². The van der Waals surface area contributed by atoms with Crippen molar-refractivity contribution in [2.75, 3.05) is 19.4 Å². The summed E-state index contributed by atoms with van der Waals surface area (Å²) in [7, 11) is -0.688. The molecule has 0 aromatic heterocycles. The molecule has 0 aliphatic carbocycles. The van der Waals surface area contributed by atoms with E-state index in [4.69, 9.17) is 4.74 Å². The lowest BCUT2D eigenvalue weighted by molar-refractivity contribution is 0.0134. The SMILES string of the molecule is CC1CC(NCCC(C)S(C)=O)CCO1. The fourth-order valence-corrected chi connectivity index (χ4v) is 2.29. The van der Waals surface area contributed by atoms with Crippen molar-refractivity contribution in [1.82, 2.24) is 5.32 Å². The minimum Gasteiger partial charge on any atom is -0.378 e. The van der Waals surface area contributed by atoms with Gasteiger partial charge in [0.05, 0.1) is 6.10 Å². The van der Waals surface area contributed by atoms with Crippen LogP contribution in [0.1, 0.15) is 33.1 Å². The molecule has 0 saturated carbocycles. The van der Waals surface area contributed by atoms with Crippen LogP contribution in [0.15, 0.2) is 0 Å². The van der Waals surface area contributed by atoms with Crippen molar-refractivity contribution in [2.45, 2.75) is 50.5 Å². The first-order valence-corrected chi connectivity index (χ1v) is 7.39. The number of hydrogen-bond acceptors (Lipinski definition) is 3. The number of ether oxygens (including phenoxy) is 1. The smallest absolute Gasteiger partial charge is 0.0561 e. The Morgan fingerprint density at radius 2 is 2.33 bits per heavy atom. The summed E-state index contributed by atoms with van der Waals surface area (Å²) < 4.78 is 16.6. The van der Waals surface area contributed by atoms with Gasteiger partial charge in [-0.2, -0.15) is 0 Å². The molecule has 90 valence electrons. The van der Waals surface area contributed by atoms with Gasteiger partial charge in [-0.1, -0.05) is 6.92 Å². The van der Waals surface area contributed by atoms with Crippen LogP contribution in [-0.4, -0.2) is 41.0 Å². The Kier molecular flexibility index (Phi) is 5.79. The summed E-state index contributed by atoms with van der Waals surface area (Å²) in [6, 6.07) is 0.589. The first kappa shape index (κ1) is 13.1. The maximum Gasteiger partial charge on any atom is 0.0561 e. The van der Waals surface area contributed by atoms with E-state index in [1.54, 1.807) is 6.26 Å². The summed E-state index contributed by atoms with van der Waals surface area (Å²) in [5.74, 6) is 0. The molecule has 1 rings (SSSR count). The van der Waals surface area contributed by atoms with E-state index in [9.17, 15) is 4.21 Å². The van der Waals surface area contributed by atoms with Gasteiger partial charge in [-0.15, -0.1) is 0 Å². The monoisotopic (exact) mass is 233 g/mol. The molecule has 0 radical (unpaired) electrons. The third-order valence-electron chi connectivity index (χ3n) is 3.04. The largest absolute Gasteiger partial charge is 0.378 e. The van der Waals surface area contributed by atoms with Crippen LogP contribution in [0.5, 0.6) is 0 Å².